The fourth-order valence-corrected chi connectivity index (χ4v) is 7.63. The zero-order valence-electron chi connectivity index (χ0n) is 23.2. The summed E-state index contributed by atoms with van der Waals surface area (Å²) < 4.78 is 8.80. The lowest BCUT2D eigenvalue weighted by atomic mass is 10.00. The SMILES string of the molecule is c1ccc(-c2ccccc2N(c2ccc3c(ccc4oc5ccccc5c43)c2)c2ccc3c(c2)sc2ccccc23)cc1. The van der Waals surface area contributed by atoms with Crippen molar-refractivity contribution in [1.82, 2.24) is 0 Å². The van der Waals surface area contributed by atoms with Crippen LogP contribution < -0.4 is 4.90 Å². The lowest BCUT2D eigenvalue weighted by Crippen LogP contribution is -2.11. The monoisotopic (exact) mass is 567 g/mol. The number of nitrogens with zero attached hydrogens (tertiary/aromatic N) is 1. The van der Waals surface area contributed by atoms with E-state index in [1.54, 1.807) is 0 Å². The molecule has 0 radical (unpaired) electrons. The molecule has 0 aliphatic carbocycles. The van der Waals surface area contributed by atoms with Crippen LogP contribution in [0.15, 0.2) is 156 Å². The van der Waals surface area contributed by atoms with Gasteiger partial charge in [-0.1, -0.05) is 103 Å². The van der Waals surface area contributed by atoms with Gasteiger partial charge >= 0.3 is 0 Å². The Morgan fingerprint density at radius 1 is 0.465 bits per heavy atom. The molecule has 9 rings (SSSR count). The summed E-state index contributed by atoms with van der Waals surface area (Å²) in [6.45, 7) is 0. The Morgan fingerprint density at radius 3 is 2.07 bits per heavy atom. The first-order valence-corrected chi connectivity index (χ1v) is 15.3. The predicted octanol–water partition coefficient (Wildman–Crippen LogP) is 12.2. The number of para-hydroxylation sites is 2. The van der Waals surface area contributed by atoms with Crippen LogP contribution in [-0.4, -0.2) is 0 Å². The molecular formula is C40H25NOS. The van der Waals surface area contributed by atoms with Crippen molar-refractivity contribution in [2.75, 3.05) is 4.90 Å². The van der Waals surface area contributed by atoms with Crippen LogP contribution in [0, 0.1) is 0 Å². The first kappa shape index (κ1) is 24.2. The lowest BCUT2D eigenvalue weighted by Gasteiger charge is -2.28. The van der Waals surface area contributed by atoms with Gasteiger partial charge in [0.1, 0.15) is 11.2 Å². The molecule has 0 amide bonds. The molecule has 0 spiro atoms. The zero-order chi connectivity index (χ0) is 28.3. The summed E-state index contributed by atoms with van der Waals surface area (Å²) in [6, 6.07) is 54.4. The van der Waals surface area contributed by atoms with Crippen molar-refractivity contribution in [3.05, 3.63) is 152 Å². The molecule has 2 nitrogen and oxygen atoms in total. The minimum absolute atomic E-state index is 0.919. The fraction of sp³-hybridized carbons (Fsp3) is 0. The first-order chi connectivity index (χ1) is 21.3. The third kappa shape index (κ3) is 3.86. The Labute approximate surface area is 252 Å². The maximum Gasteiger partial charge on any atom is 0.136 e. The standard InChI is InChI=1S/C40H25NOS/c1-2-10-26(11-3-1)30-12-4-7-15-35(30)41(29-20-22-33-32-13-6-9-17-38(32)43-39(33)25-29)28-19-21-31-27(24-28)18-23-37-40(31)34-14-5-8-16-36(34)42-37/h1-25H. The van der Waals surface area contributed by atoms with E-state index in [9.17, 15) is 0 Å². The third-order valence-corrected chi connectivity index (χ3v) is 9.58. The summed E-state index contributed by atoms with van der Waals surface area (Å²) in [5, 5.41) is 7.31. The Morgan fingerprint density at radius 2 is 1.16 bits per heavy atom. The zero-order valence-corrected chi connectivity index (χ0v) is 24.0. The van der Waals surface area contributed by atoms with Crippen LogP contribution in [-0.2, 0) is 0 Å². The fourth-order valence-electron chi connectivity index (χ4n) is 6.49. The summed E-state index contributed by atoms with van der Waals surface area (Å²) in [5.74, 6) is 0. The molecule has 202 valence electrons. The molecule has 9 aromatic rings. The van der Waals surface area contributed by atoms with Crippen LogP contribution in [0.25, 0.3) is 64.0 Å². The highest BCUT2D eigenvalue weighted by Gasteiger charge is 2.19. The van der Waals surface area contributed by atoms with E-state index in [2.05, 4.69) is 144 Å². The van der Waals surface area contributed by atoms with Gasteiger partial charge in [-0.25, -0.2) is 0 Å². The maximum atomic E-state index is 6.20. The number of hydrogen-bond donors (Lipinski definition) is 0. The van der Waals surface area contributed by atoms with Crippen LogP contribution in [0.4, 0.5) is 17.1 Å². The number of hydrogen-bond acceptors (Lipinski definition) is 3. The molecule has 0 fully saturated rings. The van der Waals surface area contributed by atoms with Crippen molar-refractivity contribution < 1.29 is 4.42 Å². The molecular weight excluding hydrogens is 543 g/mol. The molecule has 0 saturated heterocycles. The molecule has 7 aromatic carbocycles. The molecule has 2 heterocycles. The van der Waals surface area contributed by atoms with Gasteiger partial charge in [-0.15, -0.1) is 11.3 Å². The molecule has 2 aromatic heterocycles. The van der Waals surface area contributed by atoms with Crippen molar-refractivity contribution in [3.8, 4) is 11.1 Å². The van der Waals surface area contributed by atoms with Gasteiger partial charge in [0.15, 0.2) is 0 Å². The van der Waals surface area contributed by atoms with Crippen LogP contribution in [0.3, 0.4) is 0 Å². The normalized spacial score (nSPS) is 11.7. The Hall–Kier alpha value is -5.38. The van der Waals surface area contributed by atoms with Gasteiger partial charge < -0.3 is 9.32 Å². The quantitative estimate of drug-likeness (QED) is 0.210. The Balaban J connectivity index is 1.30. The minimum Gasteiger partial charge on any atom is -0.456 e. The largest absolute Gasteiger partial charge is 0.456 e. The molecule has 3 heteroatoms. The summed E-state index contributed by atoms with van der Waals surface area (Å²) in [4.78, 5) is 2.41. The smallest absolute Gasteiger partial charge is 0.136 e. The van der Waals surface area contributed by atoms with E-state index in [1.807, 2.05) is 23.5 Å². The van der Waals surface area contributed by atoms with Crippen LogP contribution in [0.5, 0.6) is 0 Å². The number of thiophene rings is 1. The predicted molar refractivity (Wildman–Crippen MR) is 184 cm³/mol. The molecule has 0 aliphatic heterocycles. The summed E-state index contributed by atoms with van der Waals surface area (Å²) in [7, 11) is 0. The molecule has 0 saturated carbocycles. The van der Waals surface area contributed by atoms with E-state index in [1.165, 1.54) is 47.5 Å². The van der Waals surface area contributed by atoms with E-state index in [4.69, 9.17) is 4.42 Å². The van der Waals surface area contributed by atoms with E-state index >= 15 is 0 Å². The Kier molecular flexibility index (Phi) is 5.40. The first-order valence-electron chi connectivity index (χ1n) is 14.5. The second kappa shape index (κ2) is 9.59. The maximum absolute atomic E-state index is 6.20. The molecule has 0 bridgehead atoms. The highest BCUT2D eigenvalue weighted by molar-refractivity contribution is 7.25. The Bertz CT molecular complexity index is 2470. The molecule has 0 unspecified atom stereocenters. The third-order valence-electron chi connectivity index (χ3n) is 8.45. The minimum atomic E-state index is 0.919. The van der Waals surface area contributed by atoms with Gasteiger partial charge in [-0.2, -0.15) is 0 Å². The topological polar surface area (TPSA) is 16.4 Å². The molecule has 0 aliphatic rings. The average Bonchev–Trinajstić information content (AvgIpc) is 3.64. The second-order valence-electron chi connectivity index (χ2n) is 10.9. The summed E-state index contributed by atoms with van der Waals surface area (Å²) in [5.41, 5.74) is 7.62. The van der Waals surface area contributed by atoms with Crippen LogP contribution in [0.1, 0.15) is 0 Å². The van der Waals surface area contributed by atoms with Gasteiger partial charge in [0, 0.05) is 47.9 Å². The summed E-state index contributed by atoms with van der Waals surface area (Å²) >= 11 is 1.85. The second-order valence-corrected chi connectivity index (χ2v) is 12.0. The number of benzene rings is 7. The van der Waals surface area contributed by atoms with Crippen molar-refractivity contribution in [3.63, 3.8) is 0 Å². The summed E-state index contributed by atoms with van der Waals surface area (Å²) in [6.07, 6.45) is 0. The van der Waals surface area contributed by atoms with Gasteiger partial charge in [-0.05, 0) is 64.9 Å². The average molecular weight is 568 g/mol. The van der Waals surface area contributed by atoms with Crippen molar-refractivity contribution in [1.29, 1.82) is 0 Å². The van der Waals surface area contributed by atoms with Crippen molar-refractivity contribution >= 4 is 81.3 Å². The highest BCUT2D eigenvalue weighted by atomic mass is 32.1. The number of anilines is 3. The van der Waals surface area contributed by atoms with E-state index in [0.717, 1.165) is 33.6 Å². The van der Waals surface area contributed by atoms with E-state index in [-0.39, 0.29) is 0 Å². The van der Waals surface area contributed by atoms with E-state index in [0.29, 0.717) is 0 Å². The van der Waals surface area contributed by atoms with Crippen LogP contribution >= 0.6 is 11.3 Å². The van der Waals surface area contributed by atoms with Crippen LogP contribution in [0.2, 0.25) is 0 Å². The van der Waals surface area contributed by atoms with E-state index < -0.39 is 0 Å². The lowest BCUT2D eigenvalue weighted by molar-refractivity contribution is 0.669. The highest BCUT2D eigenvalue weighted by Crippen LogP contribution is 2.45. The number of furan rings is 1. The molecule has 0 N–H and O–H groups in total. The number of fused-ring (bicyclic) bond motifs is 8. The molecule has 0 atom stereocenters. The van der Waals surface area contributed by atoms with Crippen molar-refractivity contribution in [2.24, 2.45) is 0 Å². The van der Waals surface area contributed by atoms with Gasteiger partial charge in [-0.3, -0.25) is 0 Å². The molecule has 43 heavy (non-hydrogen) atoms. The van der Waals surface area contributed by atoms with Gasteiger partial charge in [0.2, 0.25) is 0 Å². The van der Waals surface area contributed by atoms with Gasteiger partial charge in [0.05, 0.1) is 5.69 Å². The number of rotatable bonds is 4. The van der Waals surface area contributed by atoms with Crippen molar-refractivity contribution in [2.45, 2.75) is 0 Å². The van der Waals surface area contributed by atoms with Gasteiger partial charge in [0.25, 0.3) is 0 Å².